The number of benzene rings is 1. The highest BCUT2D eigenvalue weighted by atomic mass is 19.0. The smallest absolute Gasteiger partial charge is 0.210 e. The van der Waals surface area contributed by atoms with Crippen molar-refractivity contribution in [3.63, 3.8) is 0 Å². The molecule has 0 radical (unpaired) electrons. The molecule has 0 unspecified atom stereocenters. The van der Waals surface area contributed by atoms with Crippen LogP contribution in [-0.2, 0) is 0 Å². The summed E-state index contributed by atoms with van der Waals surface area (Å²) >= 11 is 0. The molecule has 0 aliphatic rings. The van der Waals surface area contributed by atoms with Crippen LogP contribution in [0.5, 0.6) is 0 Å². The van der Waals surface area contributed by atoms with Crippen LogP contribution in [0.15, 0.2) is 60.9 Å². The SMILES string of the molecule is [F-].c1ccc(-[n+]2ccccc2)cc1. The van der Waals surface area contributed by atoms with Crippen LogP contribution in [-0.4, -0.2) is 0 Å². The number of pyridine rings is 1. The van der Waals surface area contributed by atoms with Gasteiger partial charge in [-0.15, -0.1) is 0 Å². The van der Waals surface area contributed by atoms with E-state index in [1.165, 1.54) is 5.69 Å². The van der Waals surface area contributed by atoms with Gasteiger partial charge in [0.25, 0.3) is 0 Å². The fourth-order valence-corrected chi connectivity index (χ4v) is 1.17. The van der Waals surface area contributed by atoms with Crippen LogP contribution in [0.2, 0.25) is 0 Å². The van der Waals surface area contributed by atoms with Crippen molar-refractivity contribution in [2.24, 2.45) is 0 Å². The molecule has 0 saturated carbocycles. The van der Waals surface area contributed by atoms with Crippen LogP contribution >= 0.6 is 0 Å². The lowest BCUT2D eigenvalue weighted by Crippen LogP contribution is -3.00. The van der Waals surface area contributed by atoms with Crippen molar-refractivity contribution in [1.82, 2.24) is 0 Å². The van der Waals surface area contributed by atoms with Gasteiger partial charge in [0, 0.05) is 24.3 Å². The number of hydrogen-bond donors (Lipinski definition) is 0. The molecule has 0 N–H and O–H groups in total. The Bertz CT molecular complexity index is 307. The Labute approximate surface area is 76.6 Å². The first kappa shape index (κ1) is 9.39. The van der Waals surface area contributed by atoms with Crippen LogP contribution in [0, 0.1) is 0 Å². The summed E-state index contributed by atoms with van der Waals surface area (Å²) in [6.45, 7) is 0. The first-order valence-electron chi connectivity index (χ1n) is 3.98. The Morgan fingerprint density at radius 2 is 1.23 bits per heavy atom. The lowest BCUT2D eigenvalue weighted by molar-refractivity contribution is -0.595. The maximum Gasteiger partial charge on any atom is 0.210 e. The van der Waals surface area contributed by atoms with Gasteiger partial charge < -0.3 is 4.70 Å². The first-order valence-corrected chi connectivity index (χ1v) is 3.98. The third kappa shape index (κ3) is 2.12. The Balaban J connectivity index is 0.000000845. The zero-order valence-electron chi connectivity index (χ0n) is 7.10. The lowest BCUT2D eigenvalue weighted by atomic mass is 10.3. The number of aromatic nitrogens is 1. The molecule has 0 fully saturated rings. The van der Waals surface area contributed by atoms with Crippen LogP contribution in [0.3, 0.4) is 0 Å². The molecule has 13 heavy (non-hydrogen) atoms. The van der Waals surface area contributed by atoms with E-state index in [-0.39, 0.29) is 4.70 Å². The molecule has 0 atom stereocenters. The van der Waals surface area contributed by atoms with Crippen LogP contribution in [0.1, 0.15) is 0 Å². The van der Waals surface area contributed by atoms with E-state index >= 15 is 0 Å². The Kier molecular flexibility index (Phi) is 3.15. The number of hydrogen-bond acceptors (Lipinski definition) is 0. The second-order valence-electron chi connectivity index (χ2n) is 2.62. The summed E-state index contributed by atoms with van der Waals surface area (Å²) in [6, 6.07) is 16.3. The average Bonchev–Trinajstić information content (AvgIpc) is 2.21. The molecule has 2 heteroatoms. The molecule has 1 aromatic heterocycles. The van der Waals surface area contributed by atoms with Crippen LogP contribution in [0.25, 0.3) is 5.69 Å². The molecular weight excluding hydrogens is 165 g/mol. The molecule has 0 bridgehead atoms. The number of nitrogens with zero attached hydrogens (tertiary/aromatic N) is 1. The predicted molar refractivity (Wildman–Crippen MR) is 48.0 cm³/mol. The van der Waals surface area contributed by atoms with Gasteiger partial charge in [0.05, 0.1) is 0 Å². The maximum atomic E-state index is 2.08. The predicted octanol–water partition coefficient (Wildman–Crippen LogP) is -1.03. The van der Waals surface area contributed by atoms with Crippen LogP contribution in [0.4, 0.5) is 0 Å². The molecule has 0 amide bonds. The molecule has 66 valence electrons. The quantitative estimate of drug-likeness (QED) is 0.488. The summed E-state index contributed by atoms with van der Waals surface area (Å²) in [7, 11) is 0. The van der Waals surface area contributed by atoms with Crippen molar-refractivity contribution in [2.45, 2.75) is 0 Å². The third-order valence-electron chi connectivity index (χ3n) is 1.77. The minimum absolute atomic E-state index is 0. The summed E-state index contributed by atoms with van der Waals surface area (Å²) in [6.07, 6.45) is 4.07. The third-order valence-corrected chi connectivity index (χ3v) is 1.77. The van der Waals surface area contributed by atoms with E-state index in [0.29, 0.717) is 0 Å². The minimum Gasteiger partial charge on any atom is -1.00 e. The summed E-state index contributed by atoms with van der Waals surface area (Å²) in [5.41, 5.74) is 1.19. The highest BCUT2D eigenvalue weighted by Gasteiger charge is 1.99. The maximum absolute atomic E-state index is 2.08. The van der Waals surface area contributed by atoms with E-state index < -0.39 is 0 Å². The van der Waals surface area contributed by atoms with Gasteiger partial charge in [0.2, 0.25) is 5.69 Å². The monoisotopic (exact) mass is 175 g/mol. The summed E-state index contributed by atoms with van der Waals surface area (Å²) in [4.78, 5) is 0. The average molecular weight is 175 g/mol. The van der Waals surface area contributed by atoms with Gasteiger partial charge in [0.1, 0.15) is 0 Å². The highest BCUT2D eigenvalue weighted by Crippen LogP contribution is 1.96. The topological polar surface area (TPSA) is 3.88 Å². The van der Waals surface area contributed by atoms with Crippen molar-refractivity contribution in [2.75, 3.05) is 0 Å². The van der Waals surface area contributed by atoms with Gasteiger partial charge in [-0.2, -0.15) is 4.57 Å². The second kappa shape index (κ2) is 4.36. The molecular formula is C11H10FN. The Morgan fingerprint density at radius 1 is 0.692 bits per heavy atom. The fraction of sp³-hybridized carbons (Fsp3) is 0. The Morgan fingerprint density at radius 3 is 1.85 bits per heavy atom. The van der Waals surface area contributed by atoms with Gasteiger partial charge in [-0.05, 0) is 0 Å². The molecule has 2 rings (SSSR count). The van der Waals surface area contributed by atoms with Crippen molar-refractivity contribution >= 4 is 0 Å². The molecule has 1 heterocycles. The number of halogens is 1. The van der Waals surface area contributed by atoms with E-state index in [1.807, 2.05) is 48.8 Å². The second-order valence-corrected chi connectivity index (χ2v) is 2.62. The Hall–Kier alpha value is -1.70. The number of para-hydroxylation sites is 1. The van der Waals surface area contributed by atoms with Gasteiger partial charge in [-0.25, -0.2) is 0 Å². The van der Waals surface area contributed by atoms with Gasteiger partial charge >= 0.3 is 0 Å². The molecule has 0 saturated heterocycles. The van der Waals surface area contributed by atoms with Crippen LogP contribution < -0.4 is 9.27 Å². The standard InChI is InChI=1S/C11H10N.FH/c1-3-7-11(8-4-1)12-9-5-2-6-10-12;/h1-10H;1H/q+1;/p-1. The normalized spacial score (nSPS) is 8.92. The summed E-state index contributed by atoms with van der Waals surface area (Å²) in [5, 5.41) is 0. The van der Waals surface area contributed by atoms with E-state index in [0.717, 1.165) is 0 Å². The van der Waals surface area contributed by atoms with Gasteiger partial charge in [-0.1, -0.05) is 24.3 Å². The molecule has 0 aliphatic heterocycles. The molecule has 0 aliphatic carbocycles. The summed E-state index contributed by atoms with van der Waals surface area (Å²) in [5.74, 6) is 0. The molecule has 0 spiro atoms. The molecule has 2 aromatic rings. The van der Waals surface area contributed by atoms with E-state index in [4.69, 9.17) is 0 Å². The lowest BCUT2D eigenvalue weighted by Gasteiger charge is -1.92. The number of rotatable bonds is 1. The highest BCUT2D eigenvalue weighted by molar-refractivity contribution is 5.21. The van der Waals surface area contributed by atoms with Crippen molar-refractivity contribution in [1.29, 1.82) is 0 Å². The summed E-state index contributed by atoms with van der Waals surface area (Å²) < 4.78 is 2.08. The molecule has 1 aromatic carbocycles. The van der Waals surface area contributed by atoms with E-state index in [9.17, 15) is 0 Å². The van der Waals surface area contributed by atoms with E-state index in [1.54, 1.807) is 0 Å². The van der Waals surface area contributed by atoms with Crippen molar-refractivity contribution in [3.05, 3.63) is 60.9 Å². The van der Waals surface area contributed by atoms with E-state index in [2.05, 4.69) is 16.7 Å². The largest absolute Gasteiger partial charge is 1.00 e. The zero-order chi connectivity index (χ0) is 8.23. The van der Waals surface area contributed by atoms with Gasteiger partial charge in [-0.3, -0.25) is 0 Å². The van der Waals surface area contributed by atoms with Crippen molar-refractivity contribution in [3.8, 4) is 5.69 Å². The minimum atomic E-state index is 0. The first-order chi connectivity index (χ1) is 5.97. The zero-order valence-corrected chi connectivity index (χ0v) is 7.10. The van der Waals surface area contributed by atoms with Gasteiger partial charge in [0.15, 0.2) is 12.4 Å². The fourth-order valence-electron chi connectivity index (χ4n) is 1.17. The van der Waals surface area contributed by atoms with Crippen molar-refractivity contribution < 1.29 is 9.27 Å². The molecule has 1 nitrogen and oxygen atoms in total.